The molecular weight excluding hydrogens is 654 g/mol. The van der Waals surface area contributed by atoms with Crippen LogP contribution in [-0.2, 0) is 10.8 Å². The summed E-state index contributed by atoms with van der Waals surface area (Å²) in [5.41, 5.74) is 6.19. The fraction of sp³-hybridized carbons (Fsp3) is 0.478. The van der Waals surface area contributed by atoms with Gasteiger partial charge in [0.1, 0.15) is 34.6 Å². The topological polar surface area (TPSA) is 58.9 Å². The molecule has 0 aliphatic carbocycles. The van der Waals surface area contributed by atoms with Crippen LogP contribution in [0, 0.1) is 11.6 Å². The molecule has 0 saturated carbocycles. The highest BCUT2D eigenvalue weighted by Gasteiger charge is 2.31. The molecule has 2 unspecified atom stereocenters. The van der Waals surface area contributed by atoms with E-state index in [1.807, 2.05) is 79.7 Å². The molecule has 0 radical (unpaired) electrons. The van der Waals surface area contributed by atoms with Gasteiger partial charge in [0.2, 0.25) is 0 Å². The van der Waals surface area contributed by atoms with Gasteiger partial charge in [-0.25, -0.2) is 8.78 Å². The van der Waals surface area contributed by atoms with Crippen LogP contribution >= 0.6 is 0 Å². The molecule has 0 fully saturated rings. The van der Waals surface area contributed by atoms with Crippen molar-refractivity contribution in [3.8, 4) is 45.3 Å². The monoisotopic (exact) mass is 714 g/mol. The summed E-state index contributed by atoms with van der Waals surface area (Å²) in [4.78, 5) is 0. The number of phenols is 2. The minimum atomic E-state index is -0.397. The first-order chi connectivity index (χ1) is 24.1. The van der Waals surface area contributed by atoms with Crippen molar-refractivity contribution in [2.75, 3.05) is 13.2 Å². The summed E-state index contributed by atoms with van der Waals surface area (Å²) in [7, 11) is 0. The van der Waals surface area contributed by atoms with Crippen molar-refractivity contribution >= 4 is 0 Å². The molecule has 0 heterocycles. The van der Waals surface area contributed by atoms with Gasteiger partial charge in [0.05, 0.1) is 13.2 Å². The Kier molecular flexibility index (Phi) is 12.1. The third kappa shape index (κ3) is 8.27. The average Bonchev–Trinajstić information content (AvgIpc) is 3.04. The van der Waals surface area contributed by atoms with E-state index < -0.39 is 11.6 Å². The second-order valence-corrected chi connectivity index (χ2v) is 16.9. The zero-order valence-corrected chi connectivity index (χ0v) is 33.8. The molecule has 4 rings (SSSR count). The Morgan fingerprint density at radius 1 is 0.500 bits per heavy atom. The van der Waals surface area contributed by atoms with Crippen molar-refractivity contribution in [3.63, 3.8) is 0 Å². The fourth-order valence-corrected chi connectivity index (χ4v) is 6.92. The summed E-state index contributed by atoms with van der Waals surface area (Å²) in [5, 5.41) is 24.4. The van der Waals surface area contributed by atoms with Crippen LogP contribution in [0.4, 0.5) is 8.78 Å². The Hall–Kier alpha value is -4.06. The number of halogens is 2. The lowest BCUT2D eigenvalue weighted by Gasteiger charge is -2.30. The average molecular weight is 715 g/mol. The zero-order valence-electron chi connectivity index (χ0n) is 33.8. The maximum absolute atomic E-state index is 15.3. The predicted molar refractivity (Wildman–Crippen MR) is 212 cm³/mol. The van der Waals surface area contributed by atoms with Crippen molar-refractivity contribution in [3.05, 3.63) is 93.5 Å². The second-order valence-electron chi connectivity index (χ2n) is 16.9. The normalized spacial score (nSPS) is 13.5. The first-order valence-corrected chi connectivity index (χ1v) is 18.8. The van der Waals surface area contributed by atoms with Gasteiger partial charge < -0.3 is 19.7 Å². The molecule has 0 aliphatic heterocycles. The van der Waals surface area contributed by atoms with E-state index >= 15 is 8.78 Å². The van der Waals surface area contributed by atoms with E-state index in [0.29, 0.717) is 58.1 Å². The maximum Gasteiger partial charge on any atom is 0.130 e. The lowest BCUT2D eigenvalue weighted by atomic mass is 9.75. The molecule has 0 aliphatic rings. The van der Waals surface area contributed by atoms with Gasteiger partial charge in [-0.3, -0.25) is 0 Å². The van der Waals surface area contributed by atoms with Gasteiger partial charge in [0.15, 0.2) is 0 Å². The highest BCUT2D eigenvalue weighted by molar-refractivity contribution is 5.81. The molecule has 0 aromatic heterocycles. The van der Waals surface area contributed by atoms with Gasteiger partial charge in [-0.05, 0) is 107 Å². The Labute approximate surface area is 311 Å². The molecule has 2 N–H and O–H groups in total. The van der Waals surface area contributed by atoms with Crippen LogP contribution in [0.1, 0.15) is 154 Å². The molecule has 0 spiro atoms. The second kappa shape index (κ2) is 15.5. The molecular formula is C46H60F2O4. The fourth-order valence-electron chi connectivity index (χ4n) is 6.92. The largest absolute Gasteiger partial charge is 0.507 e. The van der Waals surface area contributed by atoms with Gasteiger partial charge in [0.25, 0.3) is 0 Å². The van der Waals surface area contributed by atoms with Gasteiger partial charge >= 0.3 is 0 Å². The number of phenolic OH excluding ortho intramolecular Hbond substituents is 2. The first kappa shape index (κ1) is 40.7. The maximum atomic E-state index is 15.3. The molecule has 282 valence electrons. The molecule has 4 nitrogen and oxygen atoms in total. The number of hydrogen-bond acceptors (Lipinski definition) is 4. The van der Waals surface area contributed by atoms with Crippen LogP contribution < -0.4 is 9.47 Å². The first-order valence-electron chi connectivity index (χ1n) is 18.8. The van der Waals surface area contributed by atoms with Crippen molar-refractivity contribution in [1.82, 2.24) is 0 Å². The standard InChI is InChI=1S/C46H60F2O4/c1-15-51-43-33(25(3)4)21-31(47)23-39(43)37-19-29(45(9,10)11)17-35(41(37)49)27(7)28(8)36-18-30(46(12,13)14)20-38(42(36)50)40-24-32(48)22-34(26(5)6)44(40)52-16-2/h17-28,49-50H,15-16H2,1-14H3. The summed E-state index contributed by atoms with van der Waals surface area (Å²) >= 11 is 0. The molecule has 4 aromatic rings. The Balaban J connectivity index is 2.03. The third-order valence-electron chi connectivity index (χ3n) is 10.3. The number of rotatable bonds is 11. The molecule has 2 atom stereocenters. The van der Waals surface area contributed by atoms with E-state index in [4.69, 9.17) is 9.47 Å². The quantitative estimate of drug-likeness (QED) is 0.162. The van der Waals surface area contributed by atoms with Crippen LogP contribution in [0.15, 0.2) is 48.5 Å². The van der Waals surface area contributed by atoms with Crippen molar-refractivity contribution in [1.29, 1.82) is 0 Å². The Morgan fingerprint density at radius 3 is 1.10 bits per heavy atom. The van der Waals surface area contributed by atoms with Gasteiger partial charge in [-0.2, -0.15) is 0 Å². The van der Waals surface area contributed by atoms with Gasteiger partial charge in [-0.15, -0.1) is 0 Å². The number of hydrogen-bond donors (Lipinski definition) is 2. The minimum absolute atomic E-state index is 0.00688. The van der Waals surface area contributed by atoms with Crippen molar-refractivity contribution in [2.45, 2.75) is 131 Å². The number of aromatic hydroxyl groups is 2. The minimum Gasteiger partial charge on any atom is -0.507 e. The summed E-state index contributed by atoms with van der Waals surface area (Å²) < 4.78 is 42.9. The SMILES string of the molecule is CCOc1c(-c2cc(C(C)(C)C)cc(C(C)C(C)c3cc(C(C)(C)C)cc(-c4cc(F)cc(C(C)C)c4OCC)c3O)c2O)cc(F)cc1C(C)C. The Bertz CT molecular complexity index is 1770. The predicted octanol–water partition coefficient (Wildman–Crippen LogP) is 13.3. The number of benzene rings is 4. The molecule has 0 bridgehead atoms. The highest BCUT2D eigenvalue weighted by atomic mass is 19.1. The summed E-state index contributed by atoms with van der Waals surface area (Å²) in [6, 6.07) is 13.9. The van der Waals surface area contributed by atoms with Crippen molar-refractivity contribution < 1.29 is 28.5 Å². The van der Waals surface area contributed by atoms with Crippen molar-refractivity contribution in [2.24, 2.45) is 0 Å². The van der Waals surface area contributed by atoms with E-state index in [2.05, 4.69) is 41.5 Å². The van der Waals surface area contributed by atoms with E-state index in [0.717, 1.165) is 22.3 Å². The van der Waals surface area contributed by atoms with Crippen LogP contribution in [0.3, 0.4) is 0 Å². The zero-order chi connectivity index (χ0) is 39.0. The lowest BCUT2D eigenvalue weighted by molar-refractivity contribution is 0.335. The number of ether oxygens (including phenoxy) is 2. The van der Waals surface area contributed by atoms with E-state index in [1.54, 1.807) is 0 Å². The summed E-state index contributed by atoms with van der Waals surface area (Å²) in [6.45, 7) is 29.3. The van der Waals surface area contributed by atoms with Crippen LogP contribution in [0.5, 0.6) is 23.0 Å². The van der Waals surface area contributed by atoms with Crippen LogP contribution in [0.25, 0.3) is 22.3 Å². The lowest BCUT2D eigenvalue weighted by Crippen LogP contribution is -2.15. The molecule has 0 saturated heterocycles. The molecule has 6 heteroatoms. The molecule has 0 amide bonds. The van der Waals surface area contributed by atoms with E-state index in [1.165, 1.54) is 24.3 Å². The van der Waals surface area contributed by atoms with Gasteiger partial charge in [-0.1, -0.05) is 95.2 Å². The molecule has 4 aromatic carbocycles. The van der Waals surface area contributed by atoms with Gasteiger partial charge in [0, 0.05) is 33.4 Å². The third-order valence-corrected chi connectivity index (χ3v) is 10.3. The summed E-state index contributed by atoms with van der Waals surface area (Å²) in [5.74, 6) is -0.210. The smallest absolute Gasteiger partial charge is 0.130 e. The molecule has 52 heavy (non-hydrogen) atoms. The van der Waals surface area contributed by atoms with Crippen LogP contribution in [-0.4, -0.2) is 23.4 Å². The van der Waals surface area contributed by atoms with E-state index in [-0.39, 0.29) is 46.0 Å². The van der Waals surface area contributed by atoms with E-state index in [9.17, 15) is 10.2 Å². The van der Waals surface area contributed by atoms with Crippen LogP contribution in [0.2, 0.25) is 0 Å². The highest BCUT2D eigenvalue weighted by Crippen LogP contribution is 2.51. The Morgan fingerprint density at radius 2 is 0.827 bits per heavy atom. The summed E-state index contributed by atoms with van der Waals surface area (Å²) in [6.07, 6.45) is 0.